The van der Waals surface area contributed by atoms with E-state index in [1.165, 1.54) is 6.07 Å². The molecule has 1 aromatic carbocycles. The molecule has 2 nitrogen and oxygen atoms in total. The van der Waals surface area contributed by atoms with Crippen LogP contribution in [-0.4, -0.2) is 18.3 Å². The molecule has 0 heterocycles. The summed E-state index contributed by atoms with van der Waals surface area (Å²) in [5.41, 5.74) is 0.798. The van der Waals surface area contributed by atoms with Crippen LogP contribution in [0.5, 0.6) is 0 Å². The Morgan fingerprint density at radius 1 is 1.26 bits per heavy atom. The second kappa shape index (κ2) is 6.96. The van der Waals surface area contributed by atoms with Crippen LogP contribution in [0.25, 0.3) is 0 Å². The van der Waals surface area contributed by atoms with Crippen LogP contribution >= 0.6 is 0 Å². The fourth-order valence-corrected chi connectivity index (χ4v) is 1.97. The summed E-state index contributed by atoms with van der Waals surface area (Å²) in [6, 6.07) is 3.94. The first-order valence-corrected chi connectivity index (χ1v) is 6.65. The van der Waals surface area contributed by atoms with Crippen molar-refractivity contribution in [3.63, 3.8) is 0 Å². The van der Waals surface area contributed by atoms with Crippen molar-refractivity contribution in [1.29, 1.82) is 0 Å². The zero-order valence-corrected chi connectivity index (χ0v) is 11.8. The van der Waals surface area contributed by atoms with E-state index in [0.717, 1.165) is 31.0 Å². The van der Waals surface area contributed by atoms with Gasteiger partial charge in [0.05, 0.1) is 0 Å². The normalized spacial score (nSPS) is 13.6. The van der Waals surface area contributed by atoms with Crippen LogP contribution in [0.2, 0.25) is 0 Å². The second-order valence-corrected chi connectivity index (χ2v) is 5.77. The van der Waals surface area contributed by atoms with Crippen LogP contribution < -0.4 is 5.32 Å². The molecule has 0 saturated carbocycles. The first kappa shape index (κ1) is 16.1. The summed E-state index contributed by atoms with van der Waals surface area (Å²) in [5, 5.41) is 12.2. The lowest BCUT2D eigenvalue weighted by Gasteiger charge is -2.27. The molecule has 0 saturated heterocycles. The SMILES string of the molecule is CC(NCC(C)(C)CCCO)c1ccc(F)c(F)c1. The Morgan fingerprint density at radius 3 is 2.53 bits per heavy atom. The van der Waals surface area contributed by atoms with E-state index < -0.39 is 11.6 Å². The maximum atomic E-state index is 13.1. The summed E-state index contributed by atoms with van der Waals surface area (Å²) >= 11 is 0. The lowest BCUT2D eigenvalue weighted by Crippen LogP contribution is -2.31. The van der Waals surface area contributed by atoms with E-state index in [1.54, 1.807) is 6.07 Å². The van der Waals surface area contributed by atoms with Crippen molar-refractivity contribution >= 4 is 0 Å². The molecular weight excluding hydrogens is 248 g/mol. The number of benzene rings is 1. The van der Waals surface area contributed by atoms with E-state index in [4.69, 9.17) is 5.11 Å². The van der Waals surface area contributed by atoms with Crippen molar-refractivity contribution in [1.82, 2.24) is 5.32 Å². The van der Waals surface area contributed by atoms with Gasteiger partial charge in [0.15, 0.2) is 11.6 Å². The summed E-state index contributed by atoms with van der Waals surface area (Å²) in [7, 11) is 0. The lowest BCUT2D eigenvalue weighted by molar-refractivity contribution is 0.233. The van der Waals surface area contributed by atoms with Crippen LogP contribution in [0.3, 0.4) is 0 Å². The molecule has 0 aliphatic carbocycles. The predicted molar refractivity (Wildman–Crippen MR) is 72.9 cm³/mol. The van der Waals surface area contributed by atoms with Gasteiger partial charge in [0.1, 0.15) is 0 Å². The number of hydrogen-bond donors (Lipinski definition) is 2. The summed E-state index contributed by atoms with van der Waals surface area (Å²) in [6.45, 7) is 7.12. The molecule has 0 aliphatic rings. The maximum absolute atomic E-state index is 13.1. The molecule has 1 unspecified atom stereocenters. The summed E-state index contributed by atoms with van der Waals surface area (Å²) in [4.78, 5) is 0. The highest BCUT2D eigenvalue weighted by atomic mass is 19.2. The molecule has 0 aromatic heterocycles. The van der Waals surface area contributed by atoms with Crippen LogP contribution in [0.4, 0.5) is 8.78 Å². The summed E-state index contributed by atoms with van der Waals surface area (Å²) in [6.07, 6.45) is 1.69. The van der Waals surface area contributed by atoms with E-state index in [9.17, 15) is 8.78 Å². The molecule has 19 heavy (non-hydrogen) atoms. The molecule has 1 rings (SSSR count). The largest absolute Gasteiger partial charge is 0.396 e. The second-order valence-electron chi connectivity index (χ2n) is 5.77. The first-order chi connectivity index (χ1) is 8.85. The number of aliphatic hydroxyl groups excluding tert-OH is 1. The zero-order chi connectivity index (χ0) is 14.5. The van der Waals surface area contributed by atoms with Gasteiger partial charge in [-0.2, -0.15) is 0 Å². The molecular formula is C15H23F2NO. The number of aliphatic hydroxyl groups is 1. The molecule has 4 heteroatoms. The lowest BCUT2D eigenvalue weighted by atomic mass is 9.87. The third-order valence-corrected chi connectivity index (χ3v) is 3.34. The fourth-order valence-electron chi connectivity index (χ4n) is 1.97. The van der Waals surface area contributed by atoms with Crippen LogP contribution in [-0.2, 0) is 0 Å². The molecule has 0 fully saturated rings. The first-order valence-electron chi connectivity index (χ1n) is 6.65. The highest BCUT2D eigenvalue weighted by Crippen LogP contribution is 2.23. The van der Waals surface area contributed by atoms with Gasteiger partial charge in [0, 0.05) is 19.2 Å². The quantitative estimate of drug-likeness (QED) is 0.796. The van der Waals surface area contributed by atoms with E-state index >= 15 is 0 Å². The highest BCUT2D eigenvalue weighted by Gasteiger charge is 2.18. The van der Waals surface area contributed by atoms with Gasteiger partial charge in [-0.05, 0) is 42.9 Å². The van der Waals surface area contributed by atoms with Crippen molar-refractivity contribution in [2.45, 2.75) is 39.7 Å². The van der Waals surface area contributed by atoms with E-state index in [0.29, 0.717) is 0 Å². The average molecular weight is 271 g/mol. The van der Waals surface area contributed by atoms with E-state index in [-0.39, 0.29) is 18.1 Å². The molecule has 0 radical (unpaired) electrons. The average Bonchev–Trinajstić information content (AvgIpc) is 2.37. The fraction of sp³-hybridized carbons (Fsp3) is 0.600. The molecule has 1 aromatic rings. The Labute approximate surface area is 113 Å². The Kier molecular flexibility index (Phi) is 5.88. The van der Waals surface area contributed by atoms with Crippen molar-refractivity contribution in [2.24, 2.45) is 5.41 Å². The van der Waals surface area contributed by atoms with Gasteiger partial charge >= 0.3 is 0 Å². The molecule has 1 atom stereocenters. The van der Waals surface area contributed by atoms with Gasteiger partial charge in [0.25, 0.3) is 0 Å². The monoisotopic (exact) mass is 271 g/mol. The Morgan fingerprint density at radius 2 is 1.95 bits per heavy atom. The molecule has 0 bridgehead atoms. The van der Waals surface area contributed by atoms with Gasteiger partial charge in [0.2, 0.25) is 0 Å². The van der Waals surface area contributed by atoms with Gasteiger partial charge in [-0.15, -0.1) is 0 Å². The van der Waals surface area contributed by atoms with Gasteiger partial charge < -0.3 is 10.4 Å². The Bertz CT molecular complexity index is 407. The van der Waals surface area contributed by atoms with Gasteiger partial charge in [-0.3, -0.25) is 0 Å². The predicted octanol–water partition coefficient (Wildman–Crippen LogP) is 3.41. The van der Waals surface area contributed by atoms with Crippen molar-refractivity contribution < 1.29 is 13.9 Å². The molecule has 108 valence electrons. The molecule has 0 amide bonds. The minimum Gasteiger partial charge on any atom is -0.396 e. The zero-order valence-electron chi connectivity index (χ0n) is 11.8. The molecule has 0 spiro atoms. The minimum absolute atomic E-state index is 0.0384. The Balaban J connectivity index is 2.54. The standard InChI is InChI=1S/C15H23F2NO/c1-11(12-5-6-13(16)14(17)9-12)18-10-15(2,3)7-4-8-19/h5-6,9,11,18-19H,4,7-8,10H2,1-3H3. The van der Waals surface area contributed by atoms with Crippen molar-refractivity contribution in [3.05, 3.63) is 35.4 Å². The van der Waals surface area contributed by atoms with Crippen molar-refractivity contribution in [2.75, 3.05) is 13.2 Å². The highest BCUT2D eigenvalue weighted by molar-refractivity contribution is 5.20. The smallest absolute Gasteiger partial charge is 0.159 e. The number of nitrogens with one attached hydrogen (secondary N) is 1. The van der Waals surface area contributed by atoms with Crippen LogP contribution in [0.1, 0.15) is 45.2 Å². The van der Waals surface area contributed by atoms with Crippen molar-refractivity contribution in [3.8, 4) is 0 Å². The van der Waals surface area contributed by atoms with Gasteiger partial charge in [-0.1, -0.05) is 19.9 Å². The van der Waals surface area contributed by atoms with Gasteiger partial charge in [-0.25, -0.2) is 8.78 Å². The maximum Gasteiger partial charge on any atom is 0.159 e. The van der Waals surface area contributed by atoms with Crippen LogP contribution in [0, 0.1) is 17.0 Å². The third kappa shape index (κ3) is 5.25. The number of hydrogen-bond acceptors (Lipinski definition) is 2. The minimum atomic E-state index is -0.820. The van der Waals surface area contributed by atoms with E-state index in [2.05, 4.69) is 19.2 Å². The van der Waals surface area contributed by atoms with Crippen LogP contribution in [0.15, 0.2) is 18.2 Å². The number of rotatable bonds is 7. The Hall–Kier alpha value is -1.00. The summed E-state index contributed by atoms with van der Waals surface area (Å²) < 4.78 is 26.0. The topological polar surface area (TPSA) is 32.3 Å². The number of halogens is 2. The van der Waals surface area contributed by atoms with E-state index in [1.807, 2.05) is 6.92 Å². The molecule has 0 aliphatic heterocycles. The summed E-state index contributed by atoms with van der Waals surface area (Å²) in [5.74, 6) is -1.63. The third-order valence-electron chi connectivity index (χ3n) is 3.34. The molecule has 2 N–H and O–H groups in total.